The summed E-state index contributed by atoms with van der Waals surface area (Å²) >= 11 is 11.6. The van der Waals surface area contributed by atoms with E-state index < -0.39 is 0 Å². The SMILES string of the molecule is CCOc1ccccc1NC(=S)Nc1ccn(Cc2ccccc2Cl)n1. The summed E-state index contributed by atoms with van der Waals surface area (Å²) in [5.74, 6) is 1.41. The minimum absolute atomic E-state index is 0.445. The lowest BCUT2D eigenvalue weighted by Gasteiger charge is -2.13. The number of ether oxygens (including phenoxy) is 1. The molecule has 5 nitrogen and oxygen atoms in total. The minimum atomic E-state index is 0.445. The Labute approximate surface area is 162 Å². The van der Waals surface area contributed by atoms with E-state index in [1.54, 1.807) is 4.68 Å². The number of benzene rings is 2. The molecule has 0 unspecified atom stereocenters. The molecule has 26 heavy (non-hydrogen) atoms. The molecule has 0 aliphatic heterocycles. The van der Waals surface area contributed by atoms with Gasteiger partial charge in [-0.25, -0.2) is 0 Å². The fourth-order valence-corrected chi connectivity index (χ4v) is 2.85. The fourth-order valence-electron chi connectivity index (χ4n) is 2.44. The van der Waals surface area contributed by atoms with E-state index in [9.17, 15) is 0 Å². The average Bonchev–Trinajstić information content (AvgIpc) is 3.06. The predicted molar refractivity (Wildman–Crippen MR) is 110 cm³/mol. The molecule has 3 aromatic rings. The van der Waals surface area contributed by atoms with E-state index in [-0.39, 0.29) is 0 Å². The molecule has 1 aromatic heterocycles. The van der Waals surface area contributed by atoms with Crippen LogP contribution < -0.4 is 15.4 Å². The molecule has 2 aromatic carbocycles. The Bertz CT molecular complexity index is 897. The second-order valence-corrected chi connectivity index (χ2v) is 6.31. The monoisotopic (exact) mass is 386 g/mol. The van der Waals surface area contributed by atoms with Gasteiger partial charge in [0, 0.05) is 17.3 Å². The van der Waals surface area contributed by atoms with Crippen molar-refractivity contribution in [2.45, 2.75) is 13.5 Å². The number of anilines is 2. The zero-order valence-electron chi connectivity index (χ0n) is 14.3. The summed E-state index contributed by atoms with van der Waals surface area (Å²) in [7, 11) is 0. The summed E-state index contributed by atoms with van der Waals surface area (Å²) in [6, 6.07) is 17.2. The van der Waals surface area contributed by atoms with Crippen molar-refractivity contribution in [1.82, 2.24) is 9.78 Å². The molecule has 0 saturated carbocycles. The number of nitrogens with zero attached hydrogens (tertiary/aromatic N) is 2. The van der Waals surface area contributed by atoms with Crippen molar-refractivity contribution >= 4 is 40.4 Å². The van der Waals surface area contributed by atoms with Crippen molar-refractivity contribution in [3.05, 3.63) is 71.4 Å². The van der Waals surface area contributed by atoms with Crippen LogP contribution >= 0.6 is 23.8 Å². The molecule has 0 amide bonds. The highest BCUT2D eigenvalue weighted by Gasteiger charge is 2.07. The molecule has 0 fully saturated rings. The van der Waals surface area contributed by atoms with Gasteiger partial charge in [-0.2, -0.15) is 5.10 Å². The predicted octanol–water partition coefficient (Wildman–Crippen LogP) is 4.79. The van der Waals surface area contributed by atoms with E-state index in [0.717, 1.165) is 22.0 Å². The fraction of sp³-hybridized carbons (Fsp3) is 0.158. The lowest BCUT2D eigenvalue weighted by Crippen LogP contribution is -2.20. The Hall–Kier alpha value is -2.57. The second-order valence-electron chi connectivity index (χ2n) is 5.50. The maximum Gasteiger partial charge on any atom is 0.176 e. The van der Waals surface area contributed by atoms with Gasteiger partial charge in [-0.3, -0.25) is 4.68 Å². The van der Waals surface area contributed by atoms with Crippen LogP contribution in [-0.2, 0) is 6.54 Å². The smallest absolute Gasteiger partial charge is 0.176 e. The highest BCUT2D eigenvalue weighted by Crippen LogP contribution is 2.24. The Kier molecular flexibility index (Phi) is 6.09. The first-order valence-electron chi connectivity index (χ1n) is 8.22. The van der Waals surface area contributed by atoms with E-state index in [4.69, 9.17) is 28.6 Å². The molecule has 0 aliphatic carbocycles. The molecule has 0 aliphatic rings. The topological polar surface area (TPSA) is 51.1 Å². The van der Waals surface area contributed by atoms with Crippen LogP contribution in [-0.4, -0.2) is 21.5 Å². The Balaban J connectivity index is 1.62. The van der Waals surface area contributed by atoms with Crippen molar-refractivity contribution < 1.29 is 4.74 Å². The number of para-hydroxylation sites is 2. The number of rotatable bonds is 6. The van der Waals surface area contributed by atoms with Gasteiger partial charge in [-0.1, -0.05) is 41.9 Å². The summed E-state index contributed by atoms with van der Waals surface area (Å²) in [6.45, 7) is 3.12. The van der Waals surface area contributed by atoms with Gasteiger partial charge in [0.2, 0.25) is 0 Å². The van der Waals surface area contributed by atoms with E-state index in [1.165, 1.54) is 0 Å². The Morgan fingerprint density at radius 3 is 2.69 bits per heavy atom. The van der Waals surface area contributed by atoms with Crippen molar-refractivity contribution in [3.63, 3.8) is 0 Å². The number of thiocarbonyl (C=S) groups is 1. The molecule has 7 heteroatoms. The molecule has 3 rings (SSSR count). The van der Waals surface area contributed by atoms with Crippen LogP contribution in [0.15, 0.2) is 60.8 Å². The van der Waals surface area contributed by atoms with Crippen LogP contribution in [0.3, 0.4) is 0 Å². The maximum atomic E-state index is 6.20. The Morgan fingerprint density at radius 2 is 1.88 bits per heavy atom. The molecule has 0 spiro atoms. The molecule has 0 saturated heterocycles. The number of hydrogen-bond acceptors (Lipinski definition) is 3. The first-order valence-corrected chi connectivity index (χ1v) is 9.01. The third-order valence-electron chi connectivity index (χ3n) is 3.61. The summed E-state index contributed by atoms with van der Waals surface area (Å²) < 4.78 is 7.39. The number of hydrogen-bond donors (Lipinski definition) is 2. The third kappa shape index (κ3) is 4.74. The summed E-state index contributed by atoms with van der Waals surface area (Å²) in [4.78, 5) is 0. The first-order chi connectivity index (χ1) is 12.7. The normalized spacial score (nSPS) is 10.4. The molecule has 0 atom stereocenters. The second kappa shape index (κ2) is 8.69. The van der Waals surface area contributed by atoms with Gasteiger partial charge in [0.25, 0.3) is 0 Å². The van der Waals surface area contributed by atoms with Crippen LogP contribution in [0, 0.1) is 0 Å². The maximum absolute atomic E-state index is 6.20. The Morgan fingerprint density at radius 1 is 1.12 bits per heavy atom. The zero-order valence-corrected chi connectivity index (χ0v) is 15.8. The lowest BCUT2D eigenvalue weighted by atomic mass is 10.2. The molecule has 0 radical (unpaired) electrons. The largest absolute Gasteiger partial charge is 0.492 e. The standard InChI is InChI=1S/C19H19ClN4OS/c1-2-25-17-10-6-5-9-16(17)21-19(26)22-18-11-12-24(23-18)13-14-7-3-4-8-15(14)20/h3-12H,2,13H2,1H3,(H2,21,22,23,26). The molecule has 2 N–H and O–H groups in total. The third-order valence-corrected chi connectivity index (χ3v) is 4.18. The lowest BCUT2D eigenvalue weighted by molar-refractivity contribution is 0.342. The zero-order chi connectivity index (χ0) is 18.4. The van der Waals surface area contributed by atoms with Crippen molar-refractivity contribution in [2.75, 3.05) is 17.2 Å². The minimum Gasteiger partial charge on any atom is -0.492 e. The quantitative estimate of drug-likeness (QED) is 0.596. The van der Waals surface area contributed by atoms with E-state index in [0.29, 0.717) is 24.1 Å². The van der Waals surface area contributed by atoms with Crippen molar-refractivity contribution in [1.29, 1.82) is 0 Å². The van der Waals surface area contributed by atoms with Crippen LogP contribution in [0.5, 0.6) is 5.75 Å². The van der Waals surface area contributed by atoms with Crippen LogP contribution in [0.25, 0.3) is 0 Å². The number of aromatic nitrogens is 2. The van der Waals surface area contributed by atoms with Crippen LogP contribution in [0.4, 0.5) is 11.5 Å². The number of nitrogens with one attached hydrogen (secondary N) is 2. The van der Waals surface area contributed by atoms with Crippen LogP contribution in [0.1, 0.15) is 12.5 Å². The number of halogens is 1. The molecule has 134 valence electrons. The van der Waals surface area contributed by atoms with E-state index >= 15 is 0 Å². The summed E-state index contributed by atoms with van der Waals surface area (Å²) in [5, 5.41) is 11.9. The van der Waals surface area contributed by atoms with Gasteiger partial charge >= 0.3 is 0 Å². The van der Waals surface area contributed by atoms with Crippen molar-refractivity contribution in [2.24, 2.45) is 0 Å². The highest BCUT2D eigenvalue weighted by atomic mass is 35.5. The van der Waals surface area contributed by atoms with Crippen LogP contribution in [0.2, 0.25) is 5.02 Å². The molecular weight excluding hydrogens is 368 g/mol. The molecular formula is C19H19ClN4OS. The summed E-state index contributed by atoms with van der Waals surface area (Å²) in [5.41, 5.74) is 1.82. The first kappa shape index (κ1) is 18.2. The summed E-state index contributed by atoms with van der Waals surface area (Å²) in [6.07, 6.45) is 1.88. The van der Waals surface area contributed by atoms with Gasteiger partial charge in [0.15, 0.2) is 10.9 Å². The van der Waals surface area contributed by atoms with E-state index in [1.807, 2.05) is 67.7 Å². The highest BCUT2D eigenvalue weighted by molar-refractivity contribution is 7.80. The van der Waals surface area contributed by atoms with E-state index in [2.05, 4.69) is 15.7 Å². The van der Waals surface area contributed by atoms with Gasteiger partial charge in [0.05, 0.1) is 18.8 Å². The van der Waals surface area contributed by atoms with Gasteiger partial charge < -0.3 is 15.4 Å². The van der Waals surface area contributed by atoms with Gasteiger partial charge in [-0.05, 0) is 42.9 Å². The molecule has 1 heterocycles. The average molecular weight is 387 g/mol. The van der Waals surface area contributed by atoms with Gasteiger partial charge in [-0.15, -0.1) is 0 Å². The van der Waals surface area contributed by atoms with Gasteiger partial charge in [0.1, 0.15) is 5.75 Å². The van der Waals surface area contributed by atoms with Crippen molar-refractivity contribution in [3.8, 4) is 5.75 Å². The molecule has 0 bridgehead atoms.